The first kappa shape index (κ1) is 18.8. The number of hydrogen-bond acceptors (Lipinski definition) is 7. The van der Waals surface area contributed by atoms with E-state index in [1.54, 1.807) is 37.7 Å². The van der Waals surface area contributed by atoms with E-state index in [9.17, 15) is 9.59 Å². The van der Waals surface area contributed by atoms with Crippen LogP contribution in [0.3, 0.4) is 0 Å². The average Bonchev–Trinajstić information content (AvgIpc) is 3.11. The standard InChI is InChI=1S/C18H20N2O4S2/c1-4-24-17(22)11(2)26-18-19-14-9-10-25-15(14)16(21)20(18)12-5-7-13(23-3)8-6-12/h5-8,11H,4,9-10H2,1-3H3/t11-/m0/s1. The number of ether oxygens (including phenoxy) is 2. The van der Waals surface area contributed by atoms with Crippen LogP contribution in [0.15, 0.2) is 39.1 Å². The van der Waals surface area contributed by atoms with Crippen LogP contribution in [-0.2, 0) is 16.0 Å². The Bertz CT molecular complexity index is 865. The van der Waals surface area contributed by atoms with Crippen LogP contribution >= 0.6 is 23.5 Å². The summed E-state index contributed by atoms with van der Waals surface area (Å²) >= 11 is 2.77. The summed E-state index contributed by atoms with van der Waals surface area (Å²) < 4.78 is 11.8. The quantitative estimate of drug-likeness (QED) is 0.425. The van der Waals surface area contributed by atoms with Gasteiger partial charge < -0.3 is 9.47 Å². The number of hydrogen-bond donors (Lipinski definition) is 0. The Morgan fingerprint density at radius 1 is 1.38 bits per heavy atom. The zero-order valence-electron chi connectivity index (χ0n) is 14.9. The van der Waals surface area contributed by atoms with E-state index in [4.69, 9.17) is 9.47 Å². The molecular formula is C18H20N2O4S2. The Labute approximate surface area is 160 Å². The molecule has 0 amide bonds. The van der Waals surface area contributed by atoms with Crippen molar-refractivity contribution in [1.29, 1.82) is 0 Å². The lowest BCUT2D eigenvalue weighted by Gasteiger charge is -2.16. The van der Waals surface area contributed by atoms with Crippen molar-refractivity contribution < 1.29 is 14.3 Å². The van der Waals surface area contributed by atoms with Gasteiger partial charge in [-0.2, -0.15) is 0 Å². The minimum Gasteiger partial charge on any atom is -0.497 e. The molecule has 1 aromatic carbocycles. The van der Waals surface area contributed by atoms with Crippen LogP contribution in [0, 0.1) is 0 Å². The number of benzene rings is 1. The van der Waals surface area contributed by atoms with Crippen molar-refractivity contribution in [2.45, 2.75) is 35.6 Å². The molecule has 2 heterocycles. The summed E-state index contributed by atoms with van der Waals surface area (Å²) in [5, 5.41) is 0.0421. The highest BCUT2D eigenvalue weighted by Gasteiger charge is 2.25. The molecule has 0 bridgehead atoms. The van der Waals surface area contributed by atoms with Gasteiger partial charge in [0.1, 0.15) is 11.0 Å². The fourth-order valence-corrected chi connectivity index (χ4v) is 4.56. The molecular weight excluding hydrogens is 372 g/mol. The average molecular weight is 393 g/mol. The summed E-state index contributed by atoms with van der Waals surface area (Å²) in [6, 6.07) is 7.22. The van der Waals surface area contributed by atoms with Crippen molar-refractivity contribution in [2.24, 2.45) is 0 Å². The van der Waals surface area contributed by atoms with Crippen molar-refractivity contribution in [3.05, 3.63) is 40.3 Å². The SMILES string of the molecule is CCOC(=O)[C@H](C)Sc1nc2c(c(=O)n1-c1ccc(OC)cc1)SCC2. The lowest BCUT2D eigenvalue weighted by Crippen LogP contribution is -2.25. The van der Waals surface area contributed by atoms with Gasteiger partial charge in [-0.1, -0.05) is 11.8 Å². The Morgan fingerprint density at radius 3 is 2.77 bits per heavy atom. The second-order valence-corrected chi connectivity index (χ2v) is 8.03. The molecule has 26 heavy (non-hydrogen) atoms. The number of thioether (sulfide) groups is 2. The van der Waals surface area contributed by atoms with E-state index in [0.717, 1.165) is 17.9 Å². The first-order valence-corrected chi connectivity index (χ1v) is 10.2. The Hall–Kier alpha value is -1.93. The monoisotopic (exact) mass is 392 g/mol. The molecule has 0 saturated heterocycles. The van der Waals surface area contributed by atoms with Gasteiger partial charge in [0.05, 0.1) is 30.0 Å². The molecule has 0 spiro atoms. The van der Waals surface area contributed by atoms with Crippen LogP contribution in [0.25, 0.3) is 5.69 Å². The molecule has 1 aliphatic heterocycles. The van der Waals surface area contributed by atoms with Gasteiger partial charge in [0.2, 0.25) is 0 Å². The Kier molecular flexibility index (Phi) is 5.93. The van der Waals surface area contributed by atoms with Crippen LogP contribution in [0.4, 0.5) is 0 Å². The third-order valence-corrected chi connectivity index (χ3v) is 6.04. The molecule has 0 radical (unpaired) electrons. The molecule has 1 aliphatic rings. The zero-order chi connectivity index (χ0) is 18.7. The fraction of sp³-hybridized carbons (Fsp3) is 0.389. The molecule has 8 heteroatoms. The summed E-state index contributed by atoms with van der Waals surface area (Å²) in [5.74, 6) is 1.24. The number of carbonyl (C=O) groups excluding carboxylic acids is 1. The number of aromatic nitrogens is 2. The summed E-state index contributed by atoms with van der Waals surface area (Å²) in [6.45, 7) is 3.85. The van der Waals surface area contributed by atoms with Crippen molar-refractivity contribution in [1.82, 2.24) is 9.55 Å². The molecule has 0 fully saturated rings. The number of aryl methyl sites for hydroxylation is 1. The molecule has 3 rings (SSSR count). The minimum atomic E-state index is -0.460. The van der Waals surface area contributed by atoms with E-state index in [1.165, 1.54) is 23.5 Å². The number of esters is 1. The summed E-state index contributed by atoms with van der Waals surface area (Å²) in [7, 11) is 1.59. The largest absolute Gasteiger partial charge is 0.497 e. The van der Waals surface area contributed by atoms with Gasteiger partial charge in [-0.25, -0.2) is 4.98 Å². The van der Waals surface area contributed by atoms with Crippen LogP contribution < -0.4 is 10.3 Å². The lowest BCUT2D eigenvalue weighted by molar-refractivity contribution is -0.142. The van der Waals surface area contributed by atoms with Gasteiger partial charge in [-0.15, -0.1) is 11.8 Å². The van der Waals surface area contributed by atoms with E-state index in [2.05, 4.69) is 4.98 Å². The van der Waals surface area contributed by atoms with E-state index in [0.29, 0.717) is 28.1 Å². The third kappa shape index (κ3) is 3.76. The van der Waals surface area contributed by atoms with Gasteiger partial charge in [-0.05, 0) is 38.1 Å². The van der Waals surface area contributed by atoms with Crippen LogP contribution in [-0.4, -0.2) is 40.2 Å². The van der Waals surface area contributed by atoms with Crippen molar-refractivity contribution >= 4 is 29.5 Å². The van der Waals surface area contributed by atoms with Gasteiger partial charge in [0.15, 0.2) is 5.16 Å². The van der Waals surface area contributed by atoms with E-state index < -0.39 is 5.25 Å². The van der Waals surface area contributed by atoms with E-state index in [1.807, 2.05) is 12.1 Å². The molecule has 138 valence electrons. The number of methoxy groups -OCH3 is 1. The van der Waals surface area contributed by atoms with Crippen molar-refractivity contribution in [3.63, 3.8) is 0 Å². The molecule has 1 aromatic heterocycles. The highest BCUT2D eigenvalue weighted by Crippen LogP contribution is 2.31. The second-order valence-electron chi connectivity index (χ2n) is 5.62. The highest BCUT2D eigenvalue weighted by molar-refractivity contribution is 8.00. The molecule has 6 nitrogen and oxygen atoms in total. The lowest BCUT2D eigenvalue weighted by atomic mass is 10.3. The number of carbonyl (C=O) groups is 1. The first-order valence-electron chi connectivity index (χ1n) is 8.31. The number of rotatable bonds is 6. The van der Waals surface area contributed by atoms with Gasteiger partial charge in [0.25, 0.3) is 5.56 Å². The third-order valence-electron chi connectivity index (χ3n) is 3.90. The highest BCUT2D eigenvalue weighted by atomic mass is 32.2. The van der Waals surface area contributed by atoms with Crippen molar-refractivity contribution in [3.8, 4) is 11.4 Å². The van der Waals surface area contributed by atoms with Crippen molar-refractivity contribution in [2.75, 3.05) is 19.5 Å². The predicted octanol–water partition coefficient (Wildman–Crippen LogP) is 2.93. The first-order chi connectivity index (χ1) is 12.5. The molecule has 2 aromatic rings. The summed E-state index contributed by atoms with van der Waals surface area (Å²) in [6.07, 6.45) is 0.764. The van der Waals surface area contributed by atoms with E-state index in [-0.39, 0.29) is 11.5 Å². The van der Waals surface area contributed by atoms with Gasteiger partial charge in [0, 0.05) is 12.2 Å². The van der Waals surface area contributed by atoms with Crippen LogP contribution in [0.2, 0.25) is 0 Å². The summed E-state index contributed by atoms with van der Waals surface area (Å²) in [4.78, 5) is 30.4. The van der Waals surface area contributed by atoms with Gasteiger partial charge in [-0.3, -0.25) is 14.2 Å². The molecule has 0 aliphatic carbocycles. The minimum absolute atomic E-state index is 0.0961. The molecule has 1 atom stereocenters. The maximum Gasteiger partial charge on any atom is 0.319 e. The number of nitrogens with zero attached hydrogens (tertiary/aromatic N) is 2. The molecule has 0 N–H and O–H groups in total. The molecule has 0 saturated carbocycles. The summed E-state index contributed by atoms with van der Waals surface area (Å²) in [5.41, 5.74) is 1.40. The zero-order valence-corrected chi connectivity index (χ0v) is 16.5. The maximum absolute atomic E-state index is 13.1. The van der Waals surface area contributed by atoms with E-state index >= 15 is 0 Å². The number of fused-ring (bicyclic) bond motifs is 1. The fourth-order valence-electron chi connectivity index (χ4n) is 2.60. The smallest absolute Gasteiger partial charge is 0.319 e. The Balaban J connectivity index is 2.06. The normalized spacial score (nSPS) is 14.0. The predicted molar refractivity (Wildman–Crippen MR) is 103 cm³/mol. The van der Waals surface area contributed by atoms with Crippen LogP contribution in [0.1, 0.15) is 19.5 Å². The van der Waals surface area contributed by atoms with Gasteiger partial charge >= 0.3 is 5.97 Å². The topological polar surface area (TPSA) is 70.4 Å². The second kappa shape index (κ2) is 8.18. The van der Waals surface area contributed by atoms with Crippen LogP contribution in [0.5, 0.6) is 5.75 Å². The molecule has 0 unspecified atom stereocenters. The maximum atomic E-state index is 13.1. The Morgan fingerprint density at radius 2 is 2.12 bits per heavy atom.